The summed E-state index contributed by atoms with van der Waals surface area (Å²) >= 11 is 0. The van der Waals surface area contributed by atoms with Crippen molar-refractivity contribution in [1.29, 1.82) is 0 Å². The Labute approximate surface area is 93.4 Å². The van der Waals surface area contributed by atoms with Crippen LogP contribution in [0.1, 0.15) is 6.92 Å². The fourth-order valence-electron chi connectivity index (χ4n) is 1.44. The van der Waals surface area contributed by atoms with E-state index in [0.717, 1.165) is 5.56 Å². The van der Waals surface area contributed by atoms with E-state index in [1.807, 2.05) is 25.1 Å². The third kappa shape index (κ3) is 1.98. The first-order valence-electron chi connectivity index (χ1n) is 5.01. The zero-order valence-electron chi connectivity index (χ0n) is 9.23. The summed E-state index contributed by atoms with van der Waals surface area (Å²) in [7, 11) is 1.62. The van der Waals surface area contributed by atoms with Crippen molar-refractivity contribution >= 4 is 0 Å². The molecule has 1 N–H and O–H groups in total. The van der Waals surface area contributed by atoms with Crippen molar-refractivity contribution in [2.24, 2.45) is 0 Å². The van der Waals surface area contributed by atoms with Crippen LogP contribution in [-0.2, 0) is 0 Å². The number of rotatable bonds is 4. The minimum absolute atomic E-state index is 0.593. The van der Waals surface area contributed by atoms with Gasteiger partial charge in [0.05, 0.1) is 13.7 Å². The molecule has 0 fully saturated rings. The summed E-state index contributed by atoms with van der Waals surface area (Å²) < 4.78 is 10.7. The summed E-state index contributed by atoms with van der Waals surface area (Å²) in [4.78, 5) is 4.08. The van der Waals surface area contributed by atoms with E-state index in [9.17, 15) is 0 Å². The number of aromatic amines is 1. The van der Waals surface area contributed by atoms with Crippen LogP contribution >= 0.6 is 0 Å². The number of nitrogens with one attached hydrogen (secondary N) is 1. The molecular weight excluding hydrogens is 206 g/mol. The molecule has 1 aromatic carbocycles. The van der Waals surface area contributed by atoms with E-state index in [0.29, 0.717) is 23.9 Å². The number of benzene rings is 1. The van der Waals surface area contributed by atoms with Gasteiger partial charge in [-0.3, -0.25) is 5.10 Å². The maximum absolute atomic E-state index is 5.48. The van der Waals surface area contributed by atoms with Crippen LogP contribution < -0.4 is 9.47 Å². The van der Waals surface area contributed by atoms with Gasteiger partial charge in [-0.15, -0.1) is 0 Å². The number of H-pyrrole nitrogens is 1. The molecule has 2 rings (SSSR count). The monoisotopic (exact) mass is 219 g/mol. The third-order valence-electron chi connectivity index (χ3n) is 2.15. The Morgan fingerprint density at radius 1 is 1.31 bits per heavy atom. The summed E-state index contributed by atoms with van der Waals surface area (Å²) in [5, 5.41) is 6.61. The minimum atomic E-state index is 0.593. The molecule has 0 unspecified atom stereocenters. The molecule has 0 radical (unpaired) electrons. The van der Waals surface area contributed by atoms with Gasteiger partial charge in [-0.2, -0.15) is 5.10 Å². The molecule has 0 aliphatic rings. The first-order chi connectivity index (χ1) is 7.85. The van der Waals surface area contributed by atoms with Gasteiger partial charge in [-0.05, 0) is 25.1 Å². The Morgan fingerprint density at radius 3 is 2.81 bits per heavy atom. The largest absolute Gasteiger partial charge is 0.493 e. The Hall–Kier alpha value is -2.04. The highest BCUT2D eigenvalue weighted by Gasteiger charge is 2.07. The number of methoxy groups -OCH3 is 1. The molecule has 0 saturated heterocycles. The standard InChI is InChI=1S/C11H13N3O2/c1-3-16-10-6-8(4-5-9(10)15-2)11-12-7-13-14-11/h4-7H,3H2,1-2H3,(H,12,13,14). The van der Waals surface area contributed by atoms with Crippen molar-refractivity contribution in [3.8, 4) is 22.9 Å². The number of aromatic nitrogens is 3. The van der Waals surface area contributed by atoms with Crippen LogP contribution in [0.25, 0.3) is 11.4 Å². The molecule has 5 nitrogen and oxygen atoms in total. The molecule has 2 aromatic rings. The van der Waals surface area contributed by atoms with Crippen LogP contribution in [0.3, 0.4) is 0 Å². The first-order valence-corrected chi connectivity index (χ1v) is 5.01. The highest BCUT2D eigenvalue weighted by Crippen LogP contribution is 2.31. The fraction of sp³-hybridized carbons (Fsp3) is 0.273. The molecule has 0 amide bonds. The molecule has 0 spiro atoms. The van der Waals surface area contributed by atoms with Crippen molar-refractivity contribution in [2.45, 2.75) is 6.92 Å². The predicted molar refractivity (Wildman–Crippen MR) is 59.5 cm³/mol. The van der Waals surface area contributed by atoms with Gasteiger partial charge in [-0.25, -0.2) is 4.98 Å². The van der Waals surface area contributed by atoms with Gasteiger partial charge in [0.15, 0.2) is 17.3 Å². The number of ether oxygens (including phenoxy) is 2. The summed E-state index contributed by atoms with van der Waals surface area (Å²) in [6.07, 6.45) is 1.47. The van der Waals surface area contributed by atoms with Gasteiger partial charge in [0.2, 0.25) is 0 Å². The zero-order chi connectivity index (χ0) is 11.4. The second kappa shape index (κ2) is 4.65. The topological polar surface area (TPSA) is 60.0 Å². The van der Waals surface area contributed by atoms with Crippen LogP contribution in [0.4, 0.5) is 0 Å². The van der Waals surface area contributed by atoms with Crippen molar-refractivity contribution in [1.82, 2.24) is 15.2 Å². The van der Waals surface area contributed by atoms with E-state index >= 15 is 0 Å². The van der Waals surface area contributed by atoms with Crippen LogP contribution in [0.5, 0.6) is 11.5 Å². The molecule has 5 heteroatoms. The van der Waals surface area contributed by atoms with E-state index in [-0.39, 0.29) is 0 Å². The Morgan fingerprint density at radius 2 is 2.19 bits per heavy atom. The van der Waals surface area contributed by atoms with Crippen LogP contribution in [0.2, 0.25) is 0 Å². The SMILES string of the molecule is CCOc1cc(-c2ncn[nH]2)ccc1OC. The smallest absolute Gasteiger partial charge is 0.161 e. The Balaban J connectivity index is 2.39. The molecule has 1 heterocycles. The quantitative estimate of drug-likeness (QED) is 0.852. The second-order valence-electron chi connectivity index (χ2n) is 3.13. The second-order valence-corrected chi connectivity index (χ2v) is 3.13. The van der Waals surface area contributed by atoms with Crippen LogP contribution in [-0.4, -0.2) is 28.9 Å². The summed E-state index contributed by atoms with van der Waals surface area (Å²) in [5.74, 6) is 2.13. The highest BCUT2D eigenvalue weighted by atomic mass is 16.5. The van der Waals surface area contributed by atoms with E-state index in [4.69, 9.17) is 9.47 Å². The van der Waals surface area contributed by atoms with Gasteiger partial charge < -0.3 is 9.47 Å². The average molecular weight is 219 g/mol. The lowest BCUT2D eigenvalue weighted by atomic mass is 10.2. The predicted octanol–water partition coefficient (Wildman–Crippen LogP) is 1.88. The van der Waals surface area contributed by atoms with Gasteiger partial charge in [-0.1, -0.05) is 0 Å². The average Bonchev–Trinajstić information content (AvgIpc) is 2.83. The zero-order valence-corrected chi connectivity index (χ0v) is 9.23. The summed E-state index contributed by atoms with van der Waals surface area (Å²) in [6.45, 7) is 2.52. The number of nitrogens with zero attached hydrogens (tertiary/aromatic N) is 2. The number of hydrogen-bond acceptors (Lipinski definition) is 4. The third-order valence-corrected chi connectivity index (χ3v) is 2.15. The summed E-state index contributed by atoms with van der Waals surface area (Å²) in [5.41, 5.74) is 0.918. The highest BCUT2D eigenvalue weighted by molar-refractivity contribution is 5.60. The summed E-state index contributed by atoms with van der Waals surface area (Å²) in [6, 6.07) is 5.63. The molecule has 0 aliphatic carbocycles. The van der Waals surface area contributed by atoms with Crippen molar-refractivity contribution in [3.05, 3.63) is 24.5 Å². The minimum Gasteiger partial charge on any atom is -0.493 e. The van der Waals surface area contributed by atoms with Gasteiger partial charge in [0, 0.05) is 5.56 Å². The van der Waals surface area contributed by atoms with E-state index in [1.54, 1.807) is 7.11 Å². The lowest BCUT2D eigenvalue weighted by Gasteiger charge is -2.09. The molecule has 0 bridgehead atoms. The van der Waals surface area contributed by atoms with E-state index in [1.165, 1.54) is 6.33 Å². The van der Waals surface area contributed by atoms with Gasteiger partial charge in [0.1, 0.15) is 6.33 Å². The Bertz CT molecular complexity index is 454. The van der Waals surface area contributed by atoms with Crippen molar-refractivity contribution in [2.75, 3.05) is 13.7 Å². The maximum atomic E-state index is 5.48. The van der Waals surface area contributed by atoms with Crippen LogP contribution in [0, 0.1) is 0 Å². The van der Waals surface area contributed by atoms with E-state index in [2.05, 4.69) is 15.2 Å². The molecule has 0 saturated carbocycles. The van der Waals surface area contributed by atoms with E-state index < -0.39 is 0 Å². The lowest BCUT2D eigenvalue weighted by molar-refractivity contribution is 0.311. The van der Waals surface area contributed by atoms with Gasteiger partial charge in [0.25, 0.3) is 0 Å². The lowest BCUT2D eigenvalue weighted by Crippen LogP contribution is -1.95. The molecule has 1 aromatic heterocycles. The molecule has 16 heavy (non-hydrogen) atoms. The normalized spacial score (nSPS) is 10.1. The molecule has 0 aliphatic heterocycles. The van der Waals surface area contributed by atoms with Gasteiger partial charge >= 0.3 is 0 Å². The van der Waals surface area contributed by atoms with Crippen molar-refractivity contribution < 1.29 is 9.47 Å². The molecule has 0 atom stereocenters. The first kappa shape index (κ1) is 10.5. The fourth-order valence-corrected chi connectivity index (χ4v) is 1.44. The molecular formula is C11H13N3O2. The Kier molecular flexibility index (Phi) is 3.05. The molecule has 84 valence electrons. The van der Waals surface area contributed by atoms with Crippen LogP contribution in [0.15, 0.2) is 24.5 Å². The maximum Gasteiger partial charge on any atom is 0.161 e. The number of hydrogen-bond donors (Lipinski definition) is 1. The van der Waals surface area contributed by atoms with Crippen molar-refractivity contribution in [3.63, 3.8) is 0 Å².